The molecular weight excluding hydrogens is 400 g/mol. The third-order valence-corrected chi connectivity index (χ3v) is 5.71. The van der Waals surface area contributed by atoms with Crippen molar-refractivity contribution in [2.75, 3.05) is 13.1 Å². The van der Waals surface area contributed by atoms with Crippen LogP contribution < -0.4 is 0 Å². The van der Waals surface area contributed by atoms with Gasteiger partial charge in [-0.1, -0.05) is 6.07 Å². The number of rotatable bonds is 4. The lowest BCUT2D eigenvalue weighted by Gasteiger charge is -2.33. The second kappa shape index (κ2) is 9.01. The molecule has 0 spiro atoms. The minimum atomic E-state index is 0.00673. The van der Waals surface area contributed by atoms with Crippen molar-refractivity contribution in [3.8, 4) is 22.6 Å². The molecule has 7 nitrogen and oxygen atoms in total. The summed E-state index contributed by atoms with van der Waals surface area (Å²) in [6.45, 7) is 1.33. The maximum Gasteiger partial charge on any atom is 0.255 e. The van der Waals surface area contributed by atoms with Crippen LogP contribution in [-0.4, -0.2) is 48.8 Å². The largest absolute Gasteiger partial charge is 0.338 e. The lowest BCUT2D eigenvalue weighted by Crippen LogP contribution is -2.39. The van der Waals surface area contributed by atoms with Crippen molar-refractivity contribution in [3.63, 3.8) is 0 Å². The Hall–Kier alpha value is -4.00. The number of pyridine rings is 3. The highest BCUT2D eigenvalue weighted by atomic mass is 16.2. The first-order valence-corrected chi connectivity index (χ1v) is 10.7. The first-order valence-electron chi connectivity index (χ1n) is 10.7. The first-order chi connectivity index (χ1) is 15.8. The summed E-state index contributed by atoms with van der Waals surface area (Å²) in [6, 6.07) is 13.2. The van der Waals surface area contributed by atoms with Crippen molar-refractivity contribution < 1.29 is 4.79 Å². The number of piperidine rings is 1. The van der Waals surface area contributed by atoms with E-state index in [-0.39, 0.29) is 11.8 Å². The van der Waals surface area contributed by atoms with E-state index in [1.165, 1.54) is 0 Å². The van der Waals surface area contributed by atoms with E-state index >= 15 is 0 Å². The molecule has 0 radical (unpaired) electrons. The molecule has 1 aliphatic rings. The summed E-state index contributed by atoms with van der Waals surface area (Å²) in [4.78, 5) is 37.2. The van der Waals surface area contributed by atoms with Gasteiger partial charge in [0, 0.05) is 61.8 Å². The molecule has 5 heterocycles. The summed E-state index contributed by atoms with van der Waals surface area (Å²) < 4.78 is 0. The fourth-order valence-corrected chi connectivity index (χ4v) is 4.14. The molecule has 0 bridgehead atoms. The maximum absolute atomic E-state index is 13.1. The molecular formula is C25H22N6O. The van der Waals surface area contributed by atoms with E-state index in [0.717, 1.165) is 41.9 Å². The summed E-state index contributed by atoms with van der Waals surface area (Å²) in [6.07, 6.45) is 12.3. The van der Waals surface area contributed by atoms with Crippen LogP contribution in [0.4, 0.5) is 0 Å². The summed E-state index contributed by atoms with van der Waals surface area (Å²) >= 11 is 0. The molecule has 5 rings (SSSR count). The number of hydrogen-bond acceptors (Lipinski definition) is 6. The molecule has 32 heavy (non-hydrogen) atoms. The van der Waals surface area contributed by atoms with Crippen LogP contribution in [0.2, 0.25) is 0 Å². The highest BCUT2D eigenvalue weighted by Crippen LogP contribution is 2.34. The minimum absolute atomic E-state index is 0.00673. The topological polar surface area (TPSA) is 84.8 Å². The number of carbonyl (C=O) groups is 1. The van der Waals surface area contributed by atoms with Gasteiger partial charge in [-0.3, -0.25) is 19.7 Å². The van der Waals surface area contributed by atoms with Gasteiger partial charge in [0.1, 0.15) is 5.69 Å². The number of hydrogen-bond donors (Lipinski definition) is 0. The predicted octanol–water partition coefficient (Wildman–Crippen LogP) is 4.02. The summed E-state index contributed by atoms with van der Waals surface area (Å²) in [5, 5.41) is 0. The van der Waals surface area contributed by atoms with E-state index in [1.807, 2.05) is 47.5 Å². The van der Waals surface area contributed by atoms with Crippen molar-refractivity contribution >= 4 is 5.91 Å². The van der Waals surface area contributed by atoms with Gasteiger partial charge in [-0.2, -0.15) is 0 Å². The molecule has 0 aliphatic carbocycles. The van der Waals surface area contributed by atoms with Crippen LogP contribution in [0.3, 0.4) is 0 Å². The molecule has 7 heteroatoms. The van der Waals surface area contributed by atoms with E-state index in [4.69, 9.17) is 4.98 Å². The molecule has 1 atom stereocenters. The monoisotopic (exact) mass is 422 g/mol. The Balaban J connectivity index is 1.52. The average Bonchev–Trinajstić information content (AvgIpc) is 2.89. The second-order valence-electron chi connectivity index (χ2n) is 7.78. The number of carbonyl (C=O) groups excluding carboxylic acids is 1. The van der Waals surface area contributed by atoms with Crippen molar-refractivity contribution in [1.82, 2.24) is 29.8 Å². The Morgan fingerprint density at radius 2 is 1.81 bits per heavy atom. The van der Waals surface area contributed by atoms with Gasteiger partial charge in [-0.25, -0.2) is 9.97 Å². The van der Waals surface area contributed by atoms with Gasteiger partial charge in [0.15, 0.2) is 5.82 Å². The number of aromatic nitrogens is 5. The fraction of sp³-hybridized carbons (Fsp3) is 0.200. The van der Waals surface area contributed by atoms with Gasteiger partial charge in [0.2, 0.25) is 0 Å². The van der Waals surface area contributed by atoms with E-state index in [9.17, 15) is 4.79 Å². The summed E-state index contributed by atoms with van der Waals surface area (Å²) in [5.41, 5.74) is 4.26. The van der Waals surface area contributed by atoms with Crippen LogP contribution in [0.25, 0.3) is 22.6 Å². The van der Waals surface area contributed by atoms with Crippen LogP contribution >= 0.6 is 0 Å². The zero-order valence-electron chi connectivity index (χ0n) is 17.5. The Morgan fingerprint density at radius 1 is 0.906 bits per heavy atom. The van der Waals surface area contributed by atoms with E-state index in [1.54, 1.807) is 37.1 Å². The molecule has 158 valence electrons. The van der Waals surface area contributed by atoms with E-state index in [2.05, 4.69) is 19.9 Å². The molecule has 0 N–H and O–H groups in total. The standard InChI is InChI=1S/C25H22N6O/c32-25(19-5-3-10-27-15-19)31-14-4-6-20(17-31)23-21(18-8-12-26-13-9-18)16-29-24(30-23)22-7-1-2-11-28-22/h1-3,5,7-13,15-16,20H,4,6,14,17H2/t20-/m1/s1. The summed E-state index contributed by atoms with van der Waals surface area (Å²) in [5.74, 6) is 0.694. The number of nitrogens with zero attached hydrogens (tertiary/aromatic N) is 6. The second-order valence-corrected chi connectivity index (χ2v) is 7.78. The van der Waals surface area contributed by atoms with Crippen LogP contribution in [0, 0.1) is 0 Å². The van der Waals surface area contributed by atoms with Crippen molar-refractivity contribution in [3.05, 3.63) is 90.9 Å². The number of amides is 1. The van der Waals surface area contributed by atoms with Crippen LogP contribution in [-0.2, 0) is 0 Å². The first kappa shape index (κ1) is 19.9. The molecule has 1 fully saturated rings. The Bertz CT molecular complexity index is 1200. The normalized spacial score (nSPS) is 16.0. The molecule has 1 amide bonds. The van der Waals surface area contributed by atoms with Crippen LogP contribution in [0.5, 0.6) is 0 Å². The zero-order chi connectivity index (χ0) is 21.8. The van der Waals surface area contributed by atoms with Gasteiger partial charge in [-0.15, -0.1) is 0 Å². The van der Waals surface area contributed by atoms with Gasteiger partial charge < -0.3 is 4.90 Å². The molecule has 0 saturated carbocycles. The van der Waals surface area contributed by atoms with Crippen LogP contribution in [0.1, 0.15) is 34.8 Å². The smallest absolute Gasteiger partial charge is 0.255 e. The lowest BCUT2D eigenvalue weighted by molar-refractivity contribution is 0.0705. The zero-order valence-corrected chi connectivity index (χ0v) is 17.5. The molecule has 0 aromatic carbocycles. The third-order valence-electron chi connectivity index (χ3n) is 5.71. The molecule has 0 unspecified atom stereocenters. The predicted molar refractivity (Wildman–Crippen MR) is 121 cm³/mol. The van der Waals surface area contributed by atoms with Crippen molar-refractivity contribution in [2.24, 2.45) is 0 Å². The van der Waals surface area contributed by atoms with E-state index < -0.39 is 0 Å². The average molecular weight is 422 g/mol. The Kier molecular flexibility index (Phi) is 5.61. The lowest BCUT2D eigenvalue weighted by atomic mass is 9.89. The Morgan fingerprint density at radius 3 is 2.59 bits per heavy atom. The maximum atomic E-state index is 13.1. The number of likely N-dealkylation sites (tertiary alicyclic amines) is 1. The molecule has 1 aliphatic heterocycles. The van der Waals surface area contributed by atoms with E-state index in [0.29, 0.717) is 17.9 Å². The van der Waals surface area contributed by atoms with Crippen molar-refractivity contribution in [1.29, 1.82) is 0 Å². The van der Waals surface area contributed by atoms with Gasteiger partial charge in [-0.05, 0) is 54.8 Å². The fourth-order valence-electron chi connectivity index (χ4n) is 4.14. The summed E-state index contributed by atoms with van der Waals surface area (Å²) in [7, 11) is 0. The minimum Gasteiger partial charge on any atom is -0.338 e. The quantitative estimate of drug-likeness (QED) is 0.494. The third kappa shape index (κ3) is 4.09. The molecule has 4 aromatic rings. The molecule has 1 saturated heterocycles. The van der Waals surface area contributed by atoms with Gasteiger partial charge in [0.05, 0.1) is 11.3 Å². The molecule has 4 aromatic heterocycles. The Labute approximate surface area is 186 Å². The van der Waals surface area contributed by atoms with Crippen LogP contribution in [0.15, 0.2) is 79.6 Å². The van der Waals surface area contributed by atoms with Gasteiger partial charge in [0.25, 0.3) is 5.91 Å². The SMILES string of the molecule is O=C(c1cccnc1)N1CCC[C@@H](c2nc(-c3ccccn3)ncc2-c2ccncc2)C1. The highest BCUT2D eigenvalue weighted by Gasteiger charge is 2.29. The highest BCUT2D eigenvalue weighted by molar-refractivity contribution is 5.94. The van der Waals surface area contributed by atoms with Crippen molar-refractivity contribution in [2.45, 2.75) is 18.8 Å². The van der Waals surface area contributed by atoms with Gasteiger partial charge >= 0.3 is 0 Å².